The summed E-state index contributed by atoms with van der Waals surface area (Å²) < 4.78 is 10.9. The first-order chi connectivity index (χ1) is 7.95. The summed E-state index contributed by atoms with van der Waals surface area (Å²) in [4.78, 5) is 8.63. The Balaban J connectivity index is 1.53. The van der Waals surface area contributed by atoms with E-state index in [1.165, 1.54) is 0 Å². The van der Waals surface area contributed by atoms with E-state index in [-0.39, 0.29) is 12.2 Å². The van der Waals surface area contributed by atoms with Gasteiger partial charge in [-0.2, -0.15) is 0 Å². The Labute approximate surface area is 96.8 Å². The smallest absolute Gasteiger partial charge is 0.0922 e. The van der Waals surface area contributed by atoms with Crippen LogP contribution in [-0.2, 0) is 9.47 Å². The van der Waals surface area contributed by atoms with Crippen molar-refractivity contribution in [2.24, 2.45) is 9.98 Å². The highest BCUT2D eigenvalue weighted by atomic mass is 16.5. The van der Waals surface area contributed by atoms with E-state index < -0.39 is 0 Å². The van der Waals surface area contributed by atoms with Crippen LogP contribution in [0.2, 0.25) is 0 Å². The van der Waals surface area contributed by atoms with Gasteiger partial charge < -0.3 is 9.47 Å². The van der Waals surface area contributed by atoms with Gasteiger partial charge in [-0.15, -0.1) is 0 Å². The monoisotopic (exact) mass is 224 g/mol. The predicted octanol–water partition coefficient (Wildman–Crippen LogP) is 1.49. The van der Waals surface area contributed by atoms with Gasteiger partial charge in [0.15, 0.2) is 0 Å². The molecular formula is C12H20N2O2. The Morgan fingerprint density at radius 1 is 0.875 bits per heavy atom. The third-order valence-corrected chi connectivity index (χ3v) is 2.83. The molecule has 2 saturated heterocycles. The minimum Gasteiger partial charge on any atom is -0.373 e. The third-order valence-electron chi connectivity index (χ3n) is 2.83. The van der Waals surface area contributed by atoms with Crippen molar-refractivity contribution in [3.63, 3.8) is 0 Å². The van der Waals surface area contributed by atoms with Crippen LogP contribution in [0.1, 0.15) is 25.7 Å². The standard InChI is InChI=1S/C12H20N2O2/c1-3-11(15-7-1)9-13-5-6-14-10-12-4-2-8-16-12/h9-12H,1-8H2. The SMILES string of the molecule is C(=NCCN=CC1CCCO1)C1CCCO1. The maximum atomic E-state index is 5.43. The fraction of sp³-hybridized carbons (Fsp3) is 0.833. The summed E-state index contributed by atoms with van der Waals surface area (Å²) in [5, 5.41) is 0. The van der Waals surface area contributed by atoms with E-state index in [1.54, 1.807) is 0 Å². The molecule has 2 fully saturated rings. The average Bonchev–Trinajstić information content (AvgIpc) is 2.96. The third kappa shape index (κ3) is 4.02. The van der Waals surface area contributed by atoms with Gasteiger partial charge >= 0.3 is 0 Å². The zero-order valence-corrected chi connectivity index (χ0v) is 9.68. The zero-order chi connectivity index (χ0) is 11.1. The lowest BCUT2D eigenvalue weighted by atomic mass is 10.2. The van der Waals surface area contributed by atoms with Gasteiger partial charge in [-0.1, -0.05) is 0 Å². The van der Waals surface area contributed by atoms with E-state index >= 15 is 0 Å². The maximum absolute atomic E-state index is 5.43. The highest BCUT2D eigenvalue weighted by Crippen LogP contribution is 2.10. The second kappa shape index (κ2) is 6.76. The Kier molecular flexibility index (Phi) is 4.96. The van der Waals surface area contributed by atoms with Crippen LogP contribution in [0.25, 0.3) is 0 Å². The molecule has 4 heteroatoms. The molecule has 0 spiro atoms. The number of rotatable bonds is 5. The number of nitrogens with zero attached hydrogens (tertiary/aromatic N) is 2. The van der Waals surface area contributed by atoms with E-state index in [9.17, 15) is 0 Å². The summed E-state index contributed by atoms with van der Waals surface area (Å²) in [6, 6.07) is 0. The van der Waals surface area contributed by atoms with Crippen LogP contribution in [0, 0.1) is 0 Å². The van der Waals surface area contributed by atoms with E-state index in [0.29, 0.717) is 0 Å². The molecule has 0 bridgehead atoms. The molecule has 0 radical (unpaired) electrons. The molecule has 4 nitrogen and oxygen atoms in total. The van der Waals surface area contributed by atoms with Gasteiger partial charge in [0.2, 0.25) is 0 Å². The molecule has 2 rings (SSSR count). The predicted molar refractivity (Wildman–Crippen MR) is 64.7 cm³/mol. The second-order valence-corrected chi connectivity index (χ2v) is 4.21. The molecule has 0 aromatic rings. The normalized spacial score (nSPS) is 31.0. The highest BCUT2D eigenvalue weighted by Gasteiger charge is 2.12. The van der Waals surface area contributed by atoms with Crippen molar-refractivity contribution in [2.45, 2.75) is 37.9 Å². The first kappa shape index (κ1) is 11.7. The Morgan fingerprint density at radius 2 is 1.38 bits per heavy atom. The van der Waals surface area contributed by atoms with Gasteiger partial charge in [0.25, 0.3) is 0 Å². The summed E-state index contributed by atoms with van der Waals surface area (Å²) in [6.45, 7) is 3.27. The molecule has 16 heavy (non-hydrogen) atoms. The maximum Gasteiger partial charge on any atom is 0.0922 e. The van der Waals surface area contributed by atoms with Crippen LogP contribution in [0.4, 0.5) is 0 Å². The van der Waals surface area contributed by atoms with E-state index in [1.807, 2.05) is 12.4 Å². The molecular weight excluding hydrogens is 204 g/mol. The molecule has 0 aromatic heterocycles. The molecule has 0 amide bonds. The van der Waals surface area contributed by atoms with Crippen molar-refractivity contribution in [1.29, 1.82) is 0 Å². The van der Waals surface area contributed by atoms with Crippen molar-refractivity contribution in [3.8, 4) is 0 Å². The topological polar surface area (TPSA) is 43.2 Å². The lowest BCUT2D eigenvalue weighted by Crippen LogP contribution is -2.08. The zero-order valence-electron chi connectivity index (χ0n) is 9.68. The Hall–Kier alpha value is -0.740. The van der Waals surface area contributed by atoms with Crippen LogP contribution in [0.15, 0.2) is 9.98 Å². The molecule has 0 N–H and O–H groups in total. The fourth-order valence-electron chi connectivity index (χ4n) is 1.94. The lowest BCUT2D eigenvalue weighted by molar-refractivity contribution is 0.161. The number of hydrogen-bond acceptors (Lipinski definition) is 4. The minimum atomic E-state index is 0.252. The van der Waals surface area contributed by atoms with E-state index in [2.05, 4.69) is 9.98 Å². The van der Waals surface area contributed by atoms with E-state index in [4.69, 9.17) is 9.47 Å². The molecule has 2 unspecified atom stereocenters. The van der Waals surface area contributed by atoms with Gasteiger partial charge in [0.05, 0.1) is 25.3 Å². The summed E-state index contributed by atoms with van der Waals surface area (Å²) in [7, 11) is 0. The first-order valence-electron chi connectivity index (χ1n) is 6.18. The van der Waals surface area contributed by atoms with Crippen molar-refractivity contribution < 1.29 is 9.47 Å². The molecule has 0 saturated carbocycles. The average molecular weight is 224 g/mol. The van der Waals surface area contributed by atoms with Crippen LogP contribution < -0.4 is 0 Å². The van der Waals surface area contributed by atoms with Gasteiger partial charge in [0.1, 0.15) is 0 Å². The summed E-state index contributed by atoms with van der Waals surface area (Å²) in [6.07, 6.45) is 8.90. The van der Waals surface area contributed by atoms with Crippen molar-refractivity contribution in [1.82, 2.24) is 0 Å². The quantitative estimate of drug-likeness (QED) is 0.524. The van der Waals surface area contributed by atoms with Gasteiger partial charge in [-0.05, 0) is 25.7 Å². The Bertz CT molecular complexity index is 215. The van der Waals surface area contributed by atoms with E-state index in [0.717, 1.165) is 52.0 Å². The molecule has 2 atom stereocenters. The first-order valence-corrected chi connectivity index (χ1v) is 6.18. The summed E-state index contributed by atoms with van der Waals surface area (Å²) in [5.74, 6) is 0. The molecule has 0 aliphatic carbocycles. The number of hydrogen-bond donors (Lipinski definition) is 0. The summed E-state index contributed by atoms with van der Waals surface area (Å²) in [5.41, 5.74) is 0. The van der Waals surface area contributed by atoms with Gasteiger partial charge in [-0.3, -0.25) is 9.98 Å². The van der Waals surface area contributed by atoms with Crippen LogP contribution in [0.3, 0.4) is 0 Å². The molecule has 90 valence electrons. The molecule has 2 aliphatic rings. The number of aliphatic imine (C=N–C) groups is 2. The number of ether oxygens (including phenoxy) is 2. The van der Waals surface area contributed by atoms with Crippen molar-refractivity contribution in [3.05, 3.63) is 0 Å². The lowest BCUT2D eigenvalue weighted by Gasteiger charge is -2.01. The van der Waals surface area contributed by atoms with Crippen molar-refractivity contribution in [2.75, 3.05) is 26.3 Å². The van der Waals surface area contributed by atoms with Crippen LogP contribution in [-0.4, -0.2) is 50.9 Å². The van der Waals surface area contributed by atoms with Gasteiger partial charge in [-0.25, -0.2) is 0 Å². The highest BCUT2D eigenvalue weighted by molar-refractivity contribution is 5.64. The Morgan fingerprint density at radius 3 is 1.75 bits per heavy atom. The molecule has 0 aromatic carbocycles. The van der Waals surface area contributed by atoms with Gasteiger partial charge in [0, 0.05) is 25.6 Å². The van der Waals surface area contributed by atoms with Crippen LogP contribution in [0.5, 0.6) is 0 Å². The fourth-order valence-corrected chi connectivity index (χ4v) is 1.94. The van der Waals surface area contributed by atoms with Crippen molar-refractivity contribution >= 4 is 12.4 Å². The molecule has 2 heterocycles. The largest absolute Gasteiger partial charge is 0.373 e. The summed E-state index contributed by atoms with van der Waals surface area (Å²) >= 11 is 0. The molecule has 2 aliphatic heterocycles. The van der Waals surface area contributed by atoms with Crippen LogP contribution >= 0.6 is 0 Å². The minimum absolute atomic E-state index is 0.252. The second-order valence-electron chi connectivity index (χ2n) is 4.21.